The van der Waals surface area contributed by atoms with Crippen LogP contribution in [-0.2, 0) is 11.3 Å². The smallest absolute Gasteiger partial charge is 0.139 e. The number of aromatic nitrogens is 2. The van der Waals surface area contributed by atoms with Gasteiger partial charge in [-0.1, -0.05) is 30.3 Å². The lowest BCUT2D eigenvalue weighted by molar-refractivity contribution is -0.120. The molecule has 1 heterocycles. The Morgan fingerprint density at radius 3 is 2.84 bits per heavy atom. The fourth-order valence-electron chi connectivity index (χ4n) is 2.83. The molecule has 1 unspecified atom stereocenters. The first-order chi connectivity index (χ1) is 9.34. The topological polar surface area (TPSA) is 34.9 Å². The van der Waals surface area contributed by atoms with E-state index in [9.17, 15) is 4.79 Å². The minimum Gasteiger partial charge on any atom is -0.331 e. The van der Waals surface area contributed by atoms with Crippen LogP contribution in [0.2, 0.25) is 0 Å². The van der Waals surface area contributed by atoms with E-state index in [1.54, 1.807) is 0 Å². The summed E-state index contributed by atoms with van der Waals surface area (Å²) < 4.78 is 2.15. The van der Waals surface area contributed by atoms with Crippen molar-refractivity contribution in [3.05, 3.63) is 42.7 Å². The molecule has 1 fully saturated rings. The molecule has 3 rings (SSSR count). The van der Waals surface area contributed by atoms with Crippen molar-refractivity contribution >= 4 is 5.78 Å². The Labute approximate surface area is 113 Å². The molecule has 3 nitrogen and oxygen atoms in total. The average Bonchev–Trinajstić information content (AvgIpc) is 3.06. The zero-order valence-corrected chi connectivity index (χ0v) is 11.0. The molecule has 0 spiro atoms. The van der Waals surface area contributed by atoms with Gasteiger partial charge in [0.25, 0.3) is 0 Å². The summed E-state index contributed by atoms with van der Waals surface area (Å²) in [6, 6.07) is 10.2. The Morgan fingerprint density at radius 1 is 1.26 bits per heavy atom. The van der Waals surface area contributed by atoms with E-state index in [4.69, 9.17) is 0 Å². The summed E-state index contributed by atoms with van der Waals surface area (Å²) in [5.41, 5.74) is 1.13. The molecule has 1 saturated carbocycles. The van der Waals surface area contributed by atoms with Crippen LogP contribution in [0.4, 0.5) is 0 Å². The number of carbonyl (C=O) groups is 1. The highest BCUT2D eigenvalue weighted by atomic mass is 16.1. The van der Waals surface area contributed by atoms with Crippen LogP contribution in [0.3, 0.4) is 0 Å². The van der Waals surface area contributed by atoms with E-state index < -0.39 is 0 Å². The Hall–Kier alpha value is -1.90. The van der Waals surface area contributed by atoms with Crippen molar-refractivity contribution in [2.24, 2.45) is 5.92 Å². The molecule has 0 saturated heterocycles. The fourth-order valence-corrected chi connectivity index (χ4v) is 2.83. The van der Waals surface area contributed by atoms with Gasteiger partial charge in [-0.3, -0.25) is 4.79 Å². The van der Waals surface area contributed by atoms with Gasteiger partial charge in [-0.15, -0.1) is 0 Å². The number of carbonyl (C=O) groups excluding carboxylic acids is 1. The summed E-state index contributed by atoms with van der Waals surface area (Å²) in [6.45, 7) is 0.876. The van der Waals surface area contributed by atoms with Crippen molar-refractivity contribution in [1.29, 1.82) is 0 Å². The minimum absolute atomic E-state index is 0.269. The second-order valence-electron chi connectivity index (χ2n) is 5.15. The van der Waals surface area contributed by atoms with Crippen LogP contribution in [0.15, 0.2) is 42.7 Å². The van der Waals surface area contributed by atoms with Gasteiger partial charge < -0.3 is 4.57 Å². The van der Waals surface area contributed by atoms with Crippen LogP contribution in [0.25, 0.3) is 11.4 Å². The average molecular weight is 254 g/mol. The van der Waals surface area contributed by atoms with Gasteiger partial charge in [0.05, 0.1) is 0 Å². The van der Waals surface area contributed by atoms with Crippen LogP contribution in [-0.4, -0.2) is 15.3 Å². The lowest BCUT2D eigenvalue weighted by Gasteiger charge is -2.11. The van der Waals surface area contributed by atoms with Crippen LogP contribution in [0.5, 0.6) is 0 Å². The summed E-state index contributed by atoms with van der Waals surface area (Å²) in [7, 11) is 0. The normalized spacial score (nSPS) is 18.9. The van der Waals surface area contributed by atoms with E-state index >= 15 is 0 Å². The van der Waals surface area contributed by atoms with E-state index in [0.717, 1.165) is 43.6 Å². The number of benzene rings is 1. The number of nitrogens with zero attached hydrogens (tertiary/aromatic N) is 2. The van der Waals surface area contributed by atoms with Gasteiger partial charge >= 0.3 is 0 Å². The molecule has 1 aromatic carbocycles. The third-order valence-electron chi connectivity index (χ3n) is 3.90. The molecular weight excluding hydrogens is 236 g/mol. The highest BCUT2D eigenvalue weighted by molar-refractivity contribution is 5.82. The second kappa shape index (κ2) is 5.39. The molecule has 1 aliphatic rings. The van der Waals surface area contributed by atoms with Crippen molar-refractivity contribution in [2.45, 2.75) is 32.2 Å². The number of rotatable bonds is 4. The third kappa shape index (κ3) is 2.60. The predicted molar refractivity (Wildman–Crippen MR) is 74.6 cm³/mol. The molecule has 2 aromatic rings. The minimum atomic E-state index is 0.269. The third-order valence-corrected chi connectivity index (χ3v) is 3.90. The number of hydrogen-bond donors (Lipinski definition) is 0. The summed E-state index contributed by atoms with van der Waals surface area (Å²) in [5, 5.41) is 0. The molecule has 0 N–H and O–H groups in total. The summed E-state index contributed by atoms with van der Waals surface area (Å²) >= 11 is 0. The van der Waals surface area contributed by atoms with Gasteiger partial charge in [-0.2, -0.15) is 0 Å². The molecule has 98 valence electrons. The second-order valence-corrected chi connectivity index (χ2v) is 5.15. The van der Waals surface area contributed by atoms with Crippen molar-refractivity contribution < 1.29 is 4.79 Å². The lowest BCUT2D eigenvalue weighted by Crippen LogP contribution is -2.10. The number of Topliss-reactive ketones (excluding diaryl/α,β-unsaturated/α-hetero) is 1. The first-order valence-corrected chi connectivity index (χ1v) is 6.94. The lowest BCUT2D eigenvalue weighted by atomic mass is 10.0. The van der Waals surface area contributed by atoms with Gasteiger partial charge in [0.1, 0.15) is 11.6 Å². The molecular formula is C16H18N2O. The summed E-state index contributed by atoms with van der Waals surface area (Å²) in [6.07, 6.45) is 7.68. The van der Waals surface area contributed by atoms with Crippen molar-refractivity contribution in [3.8, 4) is 11.4 Å². The monoisotopic (exact) mass is 254 g/mol. The molecule has 0 amide bonds. The summed E-state index contributed by atoms with van der Waals surface area (Å²) in [5.74, 6) is 1.71. The Morgan fingerprint density at radius 2 is 2.11 bits per heavy atom. The summed E-state index contributed by atoms with van der Waals surface area (Å²) in [4.78, 5) is 16.1. The maximum Gasteiger partial charge on any atom is 0.139 e. The zero-order chi connectivity index (χ0) is 13.1. The van der Waals surface area contributed by atoms with Crippen LogP contribution in [0.1, 0.15) is 25.7 Å². The Bertz CT molecular complexity index is 559. The quantitative estimate of drug-likeness (QED) is 0.839. The van der Waals surface area contributed by atoms with Gasteiger partial charge in [0.15, 0.2) is 0 Å². The first-order valence-electron chi connectivity index (χ1n) is 6.94. The van der Waals surface area contributed by atoms with Crippen LogP contribution in [0, 0.1) is 5.92 Å². The zero-order valence-electron chi connectivity index (χ0n) is 11.0. The van der Waals surface area contributed by atoms with E-state index in [1.807, 2.05) is 30.6 Å². The molecule has 19 heavy (non-hydrogen) atoms. The molecule has 0 radical (unpaired) electrons. The standard InChI is InChI=1S/C16H18N2O/c19-15-8-4-7-13(15)9-11-18-12-10-17-16(18)14-5-2-1-3-6-14/h1-3,5-6,10,12-13H,4,7-9,11H2. The van der Waals surface area contributed by atoms with Crippen molar-refractivity contribution in [2.75, 3.05) is 0 Å². The Balaban J connectivity index is 1.72. The van der Waals surface area contributed by atoms with Gasteiger partial charge in [0, 0.05) is 36.8 Å². The molecule has 1 aromatic heterocycles. The predicted octanol–water partition coefficient (Wildman–Crippen LogP) is 3.31. The van der Waals surface area contributed by atoms with Gasteiger partial charge in [-0.25, -0.2) is 4.98 Å². The number of imidazole rings is 1. The van der Waals surface area contributed by atoms with Gasteiger partial charge in [-0.05, 0) is 19.3 Å². The molecule has 1 atom stereocenters. The molecule has 0 aliphatic heterocycles. The highest BCUT2D eigenvalue weighted by Crippen LogP contribution is 2.26. The SMILES string of the molecule is O=C1CCCC1CCn1ccnc1-c1ccccc1. The molecule has 3 heteroatoms. The van der Waals surface area contributed by atoms with Crippen molar-refractivity contribution in [3.63, 3.8) is 0 Å². The highest BCUT2D eigenvalue weighted by Gasteiger charge is 2.24. The fraction of sp³-hybridized carbons (Fsp3) is 0.375. The van der Waals surface area contributed by atoms with E-state index in [2.05, 4.69) is 21.7 Å². The maximum absolute atomic E-state index is 11.7. The number of aryl methyl sites for hydroxylation is 1. The molecule has 1 aliphatic carbocycles. The number of hydrogen-bond acceptors (Lipinski definition) is 2. The Kier molecular flexibility index (Phi) is 3.45. The van der Waals surface area contributed by atoms with Gasteiger partial charge in [0.2, 0.25) is 0 Å². The maximum atomic E-state index is 11.7. The van der Waals surface area contributed by atoms with E-state index in [-0.39, 0.29) is 5.92 Å². The van der Waals surface area contributed by atoms with E-state index in [1.165, 1.54) is 0 Å². The number of ketones is 1. The largest absolute Gasteiger partial charge is 0.331 e. The molecule has 0 bridgehead atoms. The van der Waals surface area contributed by atoms with Crippen LogP contribution < -0.4 is 0 Å². The van der Waals surface area contributed by atoms with E-state index in [0.29, 0.717) is 5.78 Å². The first kappa shape index (κ1) is 12.2. The van der Waals surface area contributed by atoms with Crippen molar-refractivity contribution in [1.82, 2.24) is 9.55 Å². The van der Waals surface area contributed by atoms with Crippen LogP contribution >= 0.6 is 0 Å².